The minimum atomic E-state index is 0.140. The molecule has 1 aromatic heterocycles. The van der Waals surface area contributed by atoms with Crippen molar-refractivity contribution < 1.29 is 4.42 Å². The van der Waals surface area contributed by atoms with Crippen molar-refractivity contribution in [1.82, 2.24) is 9.80 Å². The van der Waals surface area contributed by atoms with Gasteiger partial charge in [0.1, 0.15) is 5.76 Å². The molecule has 1 saturated heterocycles. The second-order valence-electron chi connectivity index (χ2n) is 6.21. The molecule has 106 valence electrons. The van der Waals surface area contributed by atoms with Crippen molar-refractivity contribution in [2.24, 2.45) is 5.73 Å². The zero-order valence-corrected chi connectivity index (χ0v) is 11.8. The van der Waals surface area contributed by atoms with E-state index in [0.717, 1.165) is 25.4 Å². The van der Waals surface area contributed by atoms with E-state index in [4.69, 9.17) is 10.2 Å². The van der Waals surface area contributed by atoms with Crippen LogP contribution in [0.4, 0.5) is 0 Å². The maximum Gasteiger partial charge on any atom is 0.117 e. The Morgan fingerprint density at radius 2 is 2.37 bits per heavy atom. The lowest BCUT2D eigenvalue weighted by Gasteiger charge is -2.48. The van der Waals surface area contributed by atoms with Crippen molar-refractivity contribution in [3.63, 3.8) is 0 Å². The SMILES string of the molecule is CN1CCCC(CN)(N(Cc2ccco2)C2CC2)C1. The molecule has 1 unspecified atom stereocenters. The number of piperidine rings is 1. The smallest absolute Gasteiger partial charge is 0.117 e. The molecule has 4 nitrogen and oxygen atoms in total. The van der Waals surface area contributed by atoms with Crippen LogP contribution in [0.1, 0.15) is 31.4 Å². The van der Waals surface area contributed by atoms with Crippen LogP contribution in [0.5, 0.6) is 0 Å². The van der Waals surface area contributed by atoms with Gasteiger partial charge >= 0.3 is 0 Å². The fraction of sp³-hybridized carbons (Fsp3) is 0.733. The van der Waals surface area contributed by atoms with Gasteiger partial charge in [0.25, 0.3) is 0 Å². The third-order valence-corrected chi connectivity index (χ3v) is 4.63. The molecule has 2 N–H and O–H groups in total. The van der Waals surface area contributed by atoms with Crippen LogP contribution in [0.2, 0.25) is 0 Å². The summed E-state index contributed by atoms with van der Waals surface area (Å²) in [6.07, 6.45) is 6.85. The fourth-order valence-electron chi connectivity index (χ4n) is 3.50. The van der Waals surface area contributed by atoms with Gasteiger partial charge in [0.05, 0.1) is 12.8 Å². The molecular formula is C15H25N3O. The van der Waals surface area contributed by atoms with Crippen LogP contribution in [-0.4, -0.2) is 48.1 Å². The van der Waals surface area contributed by atoms with Crippen LogP contribution >= 0.6 is 0 Å². The minimum Gasteiger partial charge on any atom is -0.468 e. The second kappa shape index (κ2) is 5.27. The van der Waals surface area contributed by atoms with E-state index < -0.39 is 0 Å². The third-order valence-electron chi connectivity index (χ3n) is 4.63. The van der Waals surface area contributed by atoms with Crippen molar-refractivity contribution in [1.29, 1.82) is 0 Å². The predicted molar refractivity (Wildman–Crippen MR) is 75.8 cm³/mol. The van der Waals surface area contributed by atoms with Crippen LogP contribution in [-0.2, 0) is 6.54 Å². The topological polar surface area (TPSA) is 45.6 Å². The van der Waals surface area contributed by atoms with Gasteiger partial charge in [-0.15, -0.1) is 0 Å². The summed E-state index contributed by atoms with van der Waals surface area (Å²) in [5, 5.41) is 0. The molecule has 1 saturated carbocycles. The molecule has 19 heavy (non-hydrogen) atoms. The molecule has 0 amide bonds. The summed E-state index contributed by atoms with van der Waals surface area (Å²) in [6, 6.07) is 4.76. The number of hydrogen-bond acceptors (Lipinski definition) is 4. The molecule has 1 aliphatic carbocycles. The van der Waals surface area contributed by atoms with Crippen molar-refractivity contribution in [2.45, 2.75) is 43.8 Å². The Kier molecular flexibility index (Phi) is 3.65. The zero-order chi connectivity index (χ0) is 13.3. The molecule has 2 aliphatic rings. The molecule has 1 aliphatic heterocycles. The molecular weight excluding hydrogens is 238 g/mol. The van der Waals surface area contributed by atoms with Gasteiger partial charge in [-0.1, -0.05) is 0 Å². The van der Waals surface area contributed by atoms with Gasteiger partial charge in [0.15, 0.2) is 0 Å². The largest absolute Gasteiger partial charge is 0.468 e. The van der Waals surface area contributed by atoms with Crippen LogP contribution < -0.4 is 5.73 Å². The Balaban J connectivity index is 1.80. The Bertz CT molecular complexity index is 402. The van der Waals surface area contributed by atoms with E-state index in [0.29, 0.717) is 6.04 Å². The van der Waals surface area contributed by atoms with E-state index in [1.165, 1.54) is 32.2 Å². The van der Waals surface area contributed by atoms with Crippen molar-refractivity contribution >= 4 is 0 Å². The zero-order valence-electron chi connectivity index (χ0n) is 11.8. The van der Waals surface area contributed by atoms with Gasteiger partial charge in [0, 0.05) is 24.7 Å². The van der Waals surface area contributed by atoms with Crippen molar-refractivity contribution in [3.05, 3.63) is 24.2 Å². The average Bonchev–Trinajstić information content (AvgIpc) is 3.12. The summed E-state index contributed by atoms with van der Waals surface area (Å²) in [5.74, 6) is 1.06. The van der Waals surface area contributed by atoms with Crippen LogP contribution in [0.3, 0.4) is 0 Å². The minimum absolute atomic E-state index is 0.140. The van der Waals surface area contributed by atoms with E-state index in [9.17, 15) is 0 Å². The lowest BCUT2D eigenvalue weighted by molar-refractivity contribution is 0.00900. The normalized spacial score (nSPS) is 29.0. The average molecular weight is 263 g/mol. The quantitative estimate of drug-likeness (QED) is 0.877. The van der Waals surface area contributed by atoms with E-state index in [1.54, 1.807) is 6.26 Å². The summed E-state index contributed by atoms with van der Waals surface area (Å²) in [5.41, 5.74) is 6.34. The molecule has 3 rings (SSSR count). The van der Waals surface area contributed by atoms with Crippen LogP contribution in [0.15, 0.2) is 22.8 Å². The second-order valence-corrected chi connectivity index (χ2v) is 6.21. The number of nitrogens with zero attached hydrogens (tertiary/aromatic N) is 2. The maximum atomic E-state index is 6.20. The third kappa shape index (κ3) is 2.71. The number of likely N-dealkylation sites (N-methyl/N-ethyl adjacent to an activating group) is 1. The number of rotatable bonds is 5. The molecule has 1 atom stereocenters. The first-order chi connectivity index (χ1) is 9.23. The van der Waals surface area contributed by atoms with Crippen molar-refractivity contribution in [2.75, 3.05) is 26.7 Å². The van der Waals surface area contributed by atoms with Gasteiger partial charge in [0.2, 0.25) is 0 Å². The summed E-state index contributed by atoms with van der Waals surface area (Å²) >= 11 is 0. The van der Waals surface area contributed by atoms with Crippen LogP contribution in [0, 0.1) is 0 Å². The predicted octanol–water partition coefficient (Wildman–Crippen LogP) is 1.67. The van der Waals surface area contributed by atoms with Gasteiger partial charge in [-0.3, -0.25) is 4.90 Å². The van der Waals surface area contributed by atoms with E-state index in [2.05, 4.69) is 22.9 Å². The molecule has 1 aromatic rings. The standard InChI is InChI=1S/C15H25N3O/c1-17-8-3-7-15(11-16,12-17)18(13-5-6-13)10-14-4-2-9-19-14/h2,4,9,13H,3,5-8,10-12,16H2,1H3. The Morgan fingerprint density at radius 3 is 2.95 bits per heavy atom. The Hall–Kier alpha value is -0.840. The molecule has 0 radical (unpaired) electrons. The van der Waals surface area contributed by atoms with Gasteiger partial charge < -0.3 is 15.1 Å². The van der Waals surface area contributed by atoms with Gasteiger partial charge in [-0.25, -0.2) is 0 Å². The number of hydrogen-bond donors (Lipinski definition) is 1. The molecule has 2 fully saturated rings. The first-order valence-electron chi connectivity index (χ1n) is 7.41. The molecule has 0 spiro atoms. The van der Waals surface area contributed by atoms with E-state index >= 15 is 0 Å². The fourth-order valence-corrected chi connectivity index (χ4v) is 3.50. The lowest BCUT2D eigenvalue weighted by Crippen LogP contribution is -2.62. The van der Waals surface area contributed by atoms with E-state index in [-0.39, 0.29) is 5.54 Å². The highest BCUT2D eigenvalue weighted by Crippen LogP contribution is 2.38. The summed E-state index contributed by atoms with van der Waals surface area (Å²) in [4.78, 5) is 5.05. The summed E-state index contributed by atoms with van der Waals surface area (Å²) < 4.78 is 5.55. The molecule has 0 bridgehead atoms. The Labute approximate surface area is 115 Å². The number of nitrogens with two attached hydrogens (primary N) is 1. The lowest BCUT2D eigenvalue weighted by atomic mass is 9.86. The maximum absolute atomic E-state index is 6.20. The van der Waals surface area contributed by atoms with Crippen LogP contribution in [0.25, 0.3) is 0 Å². The number of furan rings is 1. The highest BCUT2D eigenvalue weighted by atomic mass is 16.3. The first kappa shape index (κ1) is 13.2. The Morgan fingerprint density at radius 1 is 1.53 bits per heavy atom. The highest BCUT2D eigenvalue weighted by molar-refractivity contribution is 5.06. The van der Waals surface area contributed by atoms with Gasteiger partial charge in [-0.05, 0) is 51.4 Å². The number of likely N-dealkylation sites (tertiary alicyclic amines) is 1. The molecule has 2 heterocycles. The van der Waals surface area contributed by atoms with Crippen molar-refractivity contribution in [3.8, 4) is 0 Å². The molecule has 0 aromatic carbocycles. The monoisotopic (exact) mass is 263 g/mol. The van der Waals surface area contributed by atoms with E-state index in [1.807, 2.05) is 6.07 Å². The first-order valence-corrected chi connectivity index (χ1v) is 7.41. The summed E-state index contributed by atoms with van der Waals surface area (Å²) in [7, 11) is 2.21. The van der Waals surface area contributed by atoms with Gasteiger partial charge in [-0.2, -0.15) is 0 Å². The summed E-state index contributed by atoms with van der Waals surface area (Å²) in [6.45, 7) is 3.93. The highest BCUT2D eigenvalue weighted by Gasteiger charge is 2.45. The molecule has 4 heteroatoms.